The van der Waals surface area contributed by atoms with Gasteiger partial charge in [-0.05, 0) is 44.4 Å². The smallest absolute Gasteiger partial charge is 0.123 e. The fourth-order valence-electron chi connectivity index (χ4n) is 4.53. The van der Waals surface area contributed by atoms with Crippen molar-refractivity contribution in [2.45, 2.75) is 44.8 Å². The minimum atomic E-state index is -0.101. The number of aliphatic hydroxyl groups excluding tert-OH is 1. The molecule has 1 spiro atoms. The van der Waals surface area contributed by atoms with Gasteiger partial charge < -0.3 is 9.67 Å². The second-order valence-electron chi connectivity index (χ2n) is 7.16. The van der Waals surface area contributed by atoms with Gasteiger partial charge in [0.15, 0.2) is 0 Å². The van der Waals surface area contributed by atoms with E-state index in [0.29, 0.717) is 0 Å². The van der Waals surface area contributed by atoms with E-state index < -0.39 is 0 Å². The number of benzene rings is 1. The SMILES string of the molecule is Cn1c(CN2CCC[C@]3(CCC[C@H]3O)C2)nc2ccccc21. The third-order valence-electron chi connectivity index (χ3n) is 5.79. The van der Waals surface area contributed by atoms with E-state index in [4.69, 9.17) is 4.98 Å². The van der Waals surface area contributed by atoms with E-state index in [1.165, 1.54) is 31.2 Å². The summed E-state index contributed by atoms with van der Waals surface area (Å²) in [5.74, 6) is 1.13. The predicted molar refractivity (Wildman–Crippen MR) is 87.5 cm³/mol. The summed E-state index contributed by atoms with van der Waals surface area (Å²) in [6.45, 7) is 3.04. The Kier molecular flexibility index (Phi) is 3.46. The van der Waals surface area contributed by atoms with E-state index in [2.05, 4.69) is 34.7 Å². The van der Waals surface area contributed by atoms with Gasteiger partial charge in [0.2, 0.25) is 0 Å². The van der Waals surface area contributed by atoms with E-state index in [9.17, 15) is 5.11 Å². The summed E-state index contributed by atoms with van der Waals surface area (Å²) in [5, 5.41) is 10.4. The van der Waals surface area contributed by atoms with Crippen LogP contribution in [0, 0.1) is 5.41 Å². The monoisotopic (exact) mass is 299 g/mol. The number of aromatic nitrogens is 2. The normalized spacial score (nSPS) is 29.6. The Balaban J connectivity index is 1.56. The zero-order valence-electron chi connectivity index (χ0n) is 13.3. The van der Waals surface area contributed by atoms with E-state index >= 15 is 0 Å². The summed E-state index contributed by atoms with van der Waals surface area (Å²) in [4.78, 5) is 7.30. The number of imidazole rings is 1. The molecule has 2 heterocycles. The lowest BCUT2D eigenvalue weighted by atomic mass is 9.77. The van der Waals surface area contributed by atoms with Crippen LogP contribution >= 0.6 is 0 Å². The number of nitrogens with zero attached hydrogens (tertiary/aromatic N) is 3. The first-order valence-electron chi connectivity index (χ1n) is 8.49. The van der Waals surface area contributed by atoms with Crippen LogP contribution in [0.1, 0.15) is 37.9 Å². The molecule has 22 heavy (non-hydrogen) atoms. The molecule has 4 heteroatoms. The van der Waals surface area contributed by atoms with Crippen molar-refractivity contribution in [3.05, 3.63) is 30.1 Å². The quantitative estimate of drug-likeness (QED) is 0.927. The summed E-state index contributed by atoms with van der Waals surface area (Å²) in [6, 6.07) is 8.32. The van der Waals surface area contributed by atoms with E-state index in [-0.39, 0.29) is 11.5 Å². The maximum atomic E-state index is 10.4. The number of likely N-dealkylation sites (tertiary alicyclic amines) is 1. The van der Waals surface area contributed by atoms with E-state index in [1.54, 1.807) is 0 Å². The maximum Gasteiger partial charge on any atom is 0.123 e. The molecule has 118 valence electrons. The van der Waals surface area contributed by atoms with Crippen molar-refractivity contribution in [3.8, 4) is 0 Å². The van der Waals surface area contributed by atoms with Crippen LogP contribution < -0.4 is 0 Å². The lowest BCUT2D eigenvalue weighted by Gasteiger charge is -2.42. The van der Waals surface area contributed by atoms with Gasteiger partial charge in [-0.1, -0.05) is 18.6 Å². The first-order valence-corrected chi connectivity index (χ1v) is 8.49. The molecule has 1 aliphatic heterocycles. The average molecular weight is 299 g/mol. The molecule has 1 N–H and O–H groups in total. The largest absolute Gasteiger partial charge is 0.393 e. The highest BCUT2D eigenvalue weighted by Crippen LogP contribution is 2.45. The third-order valence-corrected chi connectivity index (χ3v) is 5.79. The van der Waals surface area contributed by atoms with Gasteiger partial charge in [-0.15, -0.1) is 0 Å². The van der Waals surface area contributed by atoms with Crippen molar-refractivity contribution in [1.29, 1.82) is 0 Å². The Bertz CT molecular complexity index is 680. The average Bonchev–Trinajstić information content (AvgIpc) is 3.02. The summed E-state index contributed by atoms with van der Waals surface area (Å²) >= 11 is 0. The standard InChI is InChI=1S/C18H25N3O/c1-20-15-7-3-2-6-14(15)19-17(20)12-21-11-5-10-18(13-21)9-4-8-16(18)22/h2-3,6-7,16,22H,4-5,8-13H2,1H3/t16-,18-/m1/s1. The fourth-order valence-corrected chi connectivity index (χ4v) is 4.53. The lowest BCUT2D eigenvalue weighted by molar-refractivity contribution is -0.0128. The molecule has 0 bridgehead atoms. The molecular formula is C18H25N3O. The predicted octanol–water partition coefficient (Wildman–Crippen LogP) is 2.70. The molecule has 1 aliphatic carbocycles. The molecule has 0 radical (unpaired) electrons. The molecule has 2 fully saturated rings. The second-order valence-corrected chi connectivity index (χ2v) is 7.16. The minimum absolute atomic E-state index is 0.101. The lowest BCUT2D eigenvalue weighted by Crippen LogP contribution is -2.47. The summed E-state index contributed by atoms with van der Waals surface area (Å²) in [6.07, 6.45) is 5.64. The first-order chi connectivity index (χ1) is 10.7. The molecule has 1 saturated carbocycles. The highest BCUT2D eigenvalue weighted by molar-refractivity contribution is 5.75. The number of hydrogen-bond acceptors (Lipinski definition) is 3. The number of aliphatic hydroxyl groups is 1. The van der Waals surface area contributed by atoms with Gasteiger partial charge >= 0.3 is 0 Å². The van der Waals surface area contributed by atoms with Crippen molar-refractivity contribution in [3.63, 3.8) is 0 Å². The molecule has 4 rings (SSSR count). The second kappa shape index (κ2) is 5.36. The van der Waals surface area contributed by atoms with Crippen molar-refractivity contribution in [2.75, 3.05) is 13.1 Å². The van der Waals surface area contributed by atoms with Gasteiger partial charge in [-0.3, -0.25) is 4.90 Å². The maximum absolute atomic E-state index is 10.4. The van der Waals surface area contributed by atoms with Crippen LogP contribution in [-0.4, -0.2) is 38.8 Å². The van der Waals surface area contributed by atoms with E-state index in [1.807, 2.05) is 6.07 Å². The molecule has 2 aliphatic rings. The molecule has 0 amide bonds. The number of piperidine rings is 1. The fraction of sp³-hybridized carbons (Fsp3) is 0.611. The first kappa shape index (κ1) is 14.2. The number of para-hydroxylation sites is 2. The van der Waals surface area contributed by atoms with Crippen LogP contribution in [0.5, 0.6) is 0 Å². The number of rotatable bonds is 2. The van der Waals surface area contributed by atoms with Gasteiger partial charge in [0, 0.05) is 19.0 Å². The van der Waals surface area contributed by atoms with Crippen LogP contribution in [0.25, 0.3) is 11.0 Å². The zero-order chi connectivity index (χ0) is 15.2. The van der Waals surface area contributed by atoms with Crippen LogP contribution in [-0.2, 0) is 13.6 Å². The molecule has 1 aromatic carbocycles. The summed E-state index contributed by atoms with van der Waals surface area (Å²) < 4.78 is 2.21. The third kappa shape index (κ3) is 2.25. The molecule has 1 aromatic heterocycles. The Hall–Kier alpha value is -1.39. The Labute approximate surface area is 131 Å². The van der Waals surface area contributed by atoms with Crippen molar-refractivity contribution < 1.29 is 5.11 Å². The van der Waals surface area contributed by atoms with Crippen LogP contribution in [0.3, 0.4) is 0 Å². The van der Waals surface area contributed by atoms with Crippen molar-refractivity contribution in [1.82, 2.24) is 14.5 Å². The van der Waals surface area contributed by atoms with Gasteiger partial charge in [0.25, 0.3) is 0 Å². The molecular weight excluding hydrogens is 274 g/mol. The number of aryl methyl sites for hydroxylation is 1. The minimum Gasteiger partial charge on any atom is -0.393 e. The van der Waals surface area contributed by atoms with Crippen molar-refractivity contribution in [2.24, 2.45) is 12.5 Å². The van der Waals surface area contributed by atoms with Crippen LogP contribution in [0.4, 0.5) is 0 Å². The molecule has 4 nitrogen and oxygen atoms in total. The topological polar surface area (TPSA) is 41.3 Å². The highest BCUT2D eigenvalue weighted by atomic mass is 16.3. The van der Waals surface area contributed by atoms with Crippen LogP contribution in [0.2, 0.25) is 0 Å². The Morgan fingerprint density at radius 3 is 2.86 bits per heavy atom. The van der Waals surface area contributed by atoms with Gasteiger partial charge in [0.1, 0.15) is 5.82 Å². The van der Waals surface area contributed by atoms with Gasteiger partial charge in [-0.2, -0.15) is 0 Å². The molecule has 1 saturated heterocycles. The molecule has 2 atom stereocenters. The summed E-state index contributed by atoms with van der Waals surface area (Å²) in [5.41, 5.74) is 2.43. The molecule has 2 aromatic rings. The Morgan fingerprint density at radius 2 is 2.09 bits per heavy atom. The van der Waals surface area contributed by atoms with Gasteiger partial charge in [0.05, 0.1) is 23.7 Å². The van der Waals surface area contributed by atoms with Gasteiger partial charge in [-0.25, -0.2) is 4.98 Å². The number of hydrogen-bond donors (Lipinski definition) is 1. The zero-order valence-corrected chi connectivity index (χ0v) is 13.3. The van der Waals surface area contributed by atoms with Crippen LogP contribution in [0.15, 0.2) is 24.3 Å². The summed E-state index contributed by atoms with van der Waals surface area (Å²) in [7, 11) is 2.11. The van der Waals surface area contributed by atoms with Crippen molar-refractivity contribution >= 4 is 11.0 Å². The molecule has 0 unspecified atom stereocenters. The van der Waals surface area contributed by atoms with E-state index in [0.717, 1.165) is 37.4 Å². The Morgan fingerprint density at radius 1 is 1.27 bits per heavy atom. The number of fused-ring (bicyclic) bond motifs is 1. The highest BCUT2D eigenvalue weighted by Gasteiger charge is 2.44.